The molecule has 0 aliphatic heterocycles. The Morgan fingerprint density at radius 1 is 0.966 bits per heavy atom. The van der Waals surface area contributed by atoms with Crippen molar-refractivity contribution in [1.82, 2.24) is 10.1 Å². The summed E-state index contributed by atoms with van der Waals surface area (Å²) in [5, 5.41) is 6.78. The third kappa shape index (κ3) is 4.50. The maximum atomic E-state index is 13.0. The van der Waals surface area contributed by atoms with Gasteiger partial charge in [-0.25, -0.2) is 0 Å². The molecule has 0 fully saturated rings. The van der Waals surface area contributed by atoms with Crippen molar-refractivity contribution in [3.05, 3.63) is 102 Å². The first-order chi connectivity index (χ1) is 14.2. The summed E-state index contributed by atoms with van der Waals surface area (Å²) in [4.78, 5) is 17.2. The normalized spacial score (nSPS) is 10.5. The first-order valence-corrected chi connectivity index (χ1v) is 9.19. The van der Waals surface area contributed by atoms with E-state index in [9.17, 15) is 4.79 Å². The molecule has 0 aliphatic rings. The number of hydrogen-bond acceptors (Lipinski definition) is 5. The molecule has 0 aliphatic carbocycles. The summed E-state index contributed by atoms with van der Waals surface area (Å²) < 4.78 is 11.1. The van der Waals surface area contributed by atoms with Gasteiger partial charge in [0.2, 0.25) is 5.89 Å². The van der Waals surface area contributed by atoms with Crippen LogP contribution in [0.3, 0.4) is 0 Å². The molecular formula is C23H19N3O3. The number of aryl methyl sites for hydroxylation is 1. The molecular weight excluding hydrogens is 366 g/mol. The lowest BCUT2D eigenvalue weighted by atomic mass is 10.1. The predicted octanol–water partition coefficient (Wildman–Crippen LogP) is 5.01. The summed E-state index contributed by atoms with van der Waals surface area (Å²) in [6.45, 7) is 1.77. The number of carbonyl (C=O) groups excluding carboxylic acids is 1. The lowest BCUT2D eigenvalue weighted by Gasteiger charge is -2.13. The van der Waals surface area contributed by atoms with Gasteiger partial charge in [-0.2, -0.15) is 4.98 Å². The summed E-state index contributed by atoms with van der Waals surface area (Å²) in [5.41, 5.74) is 2.01. The van der Waals surface area contributed by atoms with Gasteiger partial charge in [0.1, 0.15) is 11.5 Å². The molecule has 1 aromatic heterocycles. The summed E-state index contributed by atoms with van der Waals surface area (Å²) in [6, 6.07) is 24.0. The Kier molecular flexibility index (Phi) is 5.33. The largest absolute Gasteiger partial charge is 0.457 e. The minimum Gasteiger partial charge on any atom is -0.457 e. The summed E-state index contributed by atoms with van der Waals surface area (Å²) in [7, 11) is 0. The number of para-hydroxylation sites is 3. The SMILES string of the molecule is Cc1noc(Cc2ccccc2NC(=O)c2ccccc2Oc2ccccc2)n1. The molecule has 0 saturated carbocycles. The monoisotopic (exact) mass is 385 g/mol. The first kappa shape index (κ1) is 18.4. The quantitative estimate of drug-likeness (QED) is 0.505. The van der Waals surface area contributed by atoms with E-state index in [-0.39, 0.29) is 5.91 Å². The summed E-state index contributed by atoms with van der Waals surface area (Å²) >= 11 is 0. The molecule has 1 heterocycles. The van der Waals surface area contributed by atoms with Crippen LogP contribution in [0.5, 0.6) is 11.5 Å². The number of aromatic nitrogens is 2. The fourth-order valence-corrected chi connectivity index (χ4v) is 2.92. The van der Waals surface area contributed by atoms with Crippen molar-refractivity contribution in [3.63, 3.8) is 0 Å². The van der Waals surface area contributed by atoms with E-state index in [0.717, 1.165) is 5.56 Å². The number of ether oxygens (including phenoxy) is 1. The average molecular weight is 385 g/mol. The van der Waals surface area contributed by atoms with Gasteiger partial charge in [-0.3, -0.25) is 4.79 Å². The zero-order valence-corrected chi connectivity index (χ0v) is 15.8. The van der Waals surface area contributed by atoms with E-state index < -0.39 is 0 Å². The highest BCUT2D eigenvalue weighted by Crippen LogP contribution is 2.27. The van der Waals surface area contributed by atoms with Crippen LogP contribution in [-0.4, -0.2) is 16.0 Å². The number of anilines is 1. The van der Waals surface area contributed by atoms with Crippen LogP contribution in [0.15, 0.2) is 83.4 Å². The molecule has 1 amide bonds. The van der Waals surface area contributed by atoms with Crippen molar-refractivity contribution in [2.24, 2.45) is 0 Å². The zero-order chi connectivity index (χ0) is 20.1. The van der Waals surface area contributed by atoms with E-state index >= 15 is 0 Å². The Bertz CT molecular complexity index is 1120. The van der Waals surface area contributed by atoms with Crippen LogP contribution in [0, 0.1) is 6.92 Å². The lowest BCUT2D eigenvalue weighted by Crippen LogP contribution is -2.14. The molecule has 0 unspecified atom stereocenters. The molecule has 0 radical (unpaired) electrons. The van der Waals surface area contributed by atoms with Crippen LogP contribution >= 0.6 is 0 Å². The van der Waals surface area contributed by atoms with Crippen LogP contribution < -0.4 is 10.1 Å². The van der Waals surface area contributed by atoms with Crippen LogP contribution in [0.4, 0.5) is 5.69 Å². The van der Waals surface area contributed by atoms with Gasteiger partial charge in [-0.05, 0) is 42.8 Å². The van der Waals surface area contributed by atoms with Gasteiger partial charge in [0.05, 0.1) is 12.0 Å². The molecule has 144 valence electrons. The molecule has 1 N–H and O–H groups in total. The van der Waals surface area contributed by atoms with Gasteiger partial charge >= 0.3 is 0 Å². The second-order valence-corrected chi connectivity index (χ2v) is 6.43. The van der Waals surface area contributed by atoms with E-state index in [1.807, 2.05) is 60.7 Å². The number of nitrogens with zero attached hydrogens (tertiary/aromatic N) is 2. The van der Waals surface area contributed by atoms with Crippen molar-refractivity contribution in [1.29, 1.82) is 0 Å². The Hall–Kier alpha value is -3.93. The predicted molar refractivity (Wildman–Crippen MR) is 109 cm³/mol. The van der Waals surface area contributed by atoms with E-state index in [4.69, 9.17) is 9.26 Å². The van der Waals surface area contributed by atoms with Gasteiger partial charge in [-0.15, -0.1) is 0 Å². The zero-order valence-electron chi connectivity index (χ0n) is 15.8. The van der Waals surface area contributed by atoms with E-state index in [1.165, 1.54) is 0 Å². The van der Waals surface area contributed by atoms with Crippen molar-refractivity contribution in [2.45, 2.75) is 13.3 Å². The Morgan fingerprint density at radius 2 is 1.69 bits per heavy atom. The van der Waals surface area contributed by atoms with Gasteiger partial charge in [0, 0.05) is 5.69 Å². The van der Waals surface area contributed by atoms with Gasteiger partial charge in [-0.1, -0.05) is 53.7 Å². The van der Waals surface area contributed by atoms with Crippen LogP contribution in [-0.2, 0) is 6.42 Å². The lowest BCUT2D eigenvalue weighted by molar-refractivity contribution is 0.102. The number of amides is 1. The number of hydrogen-bond donors (Lipinski definition) is 1. The maximum absolute atomic E-state index is 13.0. The molecule has 4 rings (SSSR count). The highest BCUT2D eigenvalue weighted by molar-refractivity contribution is 6.06. The Labute approximate surface area is 168 Å². The smallest absolute Gasteiger partial charge is 0.259 e. The fourth-order valence-electron chi connectivity index (χ4n) is 2.92. The number of carbonyl (C=O) groups is 1. The standard InChI is InChI=1S/C23H19N3O3/c1-16-24-22(29-26-16)15-17-9-5-7-13-20(17)25-23(27)19-12-6-8-14-21(19)28-18-10-3-2-4-11-18/h2-14H,15H2,1H3,(H,25,27). The van der Waals surface area contributed by atoms with Gasteiger partial charge < -0.3 is 14.6 Å². The minimum absolute atomic E-state index is 0.259. The van der Waals surface area contributed by atoms with Crippen molar-refractivity contribution in [3.8, 4) is 11.5 Å². The molecule has 0 spiro atoms. The third-order valence-corrected chi connectivity index (χ3v) is 4.28. The molecule has 6 heteroatoms. The van der Waals surface area contributed by atoms with Crippen molar-refractivity contribution >= 4 is 11.6 Å². The Morgan fingerprint density at radius 3 is 2.48 bits per heavy atom. The molecule has 29 heavy (non-hydrogen) atoms. The van der Waals surface area contributed by atoms with E-state index in [2.05, 4.69) is 15.5 Å². The minimum atomic E-state index is -0.259. The van der Waals surface area contributed by atoms with Gasteiger partial charge in [0.25, 0.3) is 5.91 Å². The summed E-state index contributed by atoms with van der Waals surface area (Å²) in [5.74, 6) is 1.97. The van der Waals surface area contributed by atoms with Crippen molar-refractivity contribution < 1.29 is 14.1 Å². The third-order valence-electron chi connectivity index (χ3n) is 4.28. The molecule has 3 aromatic carbocycles. The Balaban J connectivity index is 1.56. The van der Waals surface area contributed by atoms with Crippen LogP contribution in [0.25, 0.3) is 0 Å². The molecule has 0 atom stereocenters. The van der Waals surface area contributed by atoms with Gasteiger partial charge in [0.15, 0.2) is 5.82 Å². The topological polar surface area (TPSA) is 77.2 Å². The highest BCUT2D eigenvalue weighted by Gasteiger charge is 2.15. The highest BCUT2D eigenvalue weighted by atomic mass is 16.5. The van der Waals surface area contributed by atoms with E-state index in [1.54, 1.807) is 25.1 Å². The molecule has 6 nitrogen and oxygen atoms in total. The van der Waals surface area contributed by atoms with Crippen LogP contribution in [0.1, 0.15) is 27.6 Å². The number of nitrogens with one attached hydrogen (secondary N) is 1. The second-order valence-electron chi connectivity index (χ2n) is 6.43. The van der Waals surface area contributed by atoms with Crippen LogP contribution in [0.2, 0.25) is 0 Å². The second kappa shape index (κ2) is 8.39. The van der Waals surface area contributed by atoms with Crippen molar-refractivity contribution in [2.75, 3.05) is 5.32 Å². The number of rotatable bonds is 6. The molecule has 0 saturated heterocycles. The molecule has 0 bridgehead atoms. The van der Waals surface area contributed by atoms with E-state index in [0.29, 0.717) is 40.9 Å². The number of benzene rings is 3. The molecule has 4 aromatic rings. The first-order valence-electron chi connectivity index (χ1n) is 9.19. The summed E-state index contributed by atoms with van der Waals surface area (Å²) in [6.07, 6.45) is 0.430. The fraction of sp³-hybridized carbons (Fsp3) is 0.0870. The average Bonchev–Trinajstić information content (AvgIpc) is 3.15. The maximum Gasteiger partial charge on any atom is 0.259 e.